The number of aliphatic hydroxyl groups is 4. The van der Waals surface area contributed by atoms with Gasteiger partial charge in [0.2, 0.25) is 0 Å². The van der Waals surface area contributed by atoms with Crippen molar-refractivity contribution in [1.82, 2.24) is 0 Å². The van der Waals surface area contributed by atoms with E-state index in [0.29, 0.717) is 12.8 Å². The Kier molecular flexibility index (Phi) is 2.91. The van der Waals surface area contributed by atoms with Crippen LogP contribution < -0.4 is 0 Å². The maximum atomic E-state index is 10.6. The van der Waals surface area contributed by atoms with Crippen LogP contribution in [0.15, 0.2) is 0 Å². The second kappa shape index (κ2) is 3.96. The van der Waals surface area contributed by atoms with Crippen molar-refractivity contribution in [1.29, 1.82) is 0 Å². The van der Waals surface area contributed by atoms with Crippen LogP contribution in [0.1, 0.15) is 40.5 Å². The van der Waals surface area contributed by atoms with Crippen molar-refractivity contribution in [2.45, 2.75) is 76.2 Å². The van der Waals surface area contributed by atoms with Gasteiger partial charge in [0.05, 0.1) is 41.0 Å². The topological polar surface area (TPSA) is 90.2 Å². The molecule has 0 radical (unpaired) electrons. The second-order valence-electron chi connectivity index (χ2n) is 7.77. The van der Waals surface area contributed by atoms with Crippen molar-refractivity contribution >= 4 is 0 Å². The molecule has 3 rings (SSSR count). The largest absolute Gasteiger partial charge is 0.390 e. The monoisotopic (exact) mass is 286 g/mol. The van der Waals surface area contributed by atoms with Gasteiger partial charge in [0.15, 0.2) is 0 Å². The Hall–Kier alpha value is -0.200. The molecule has 0 aromatic rings. The minimum atomic E-state index is -1.10. The fourth-order valence-electron chi connectivity index (χ4n) is 5.19. The summed E-state index contributed by atoms with van der Waals surface area (Å²) in [5.74, 6) is -0.146. The maximum absolute atomic E-state index is 10.6. The van der Waals surface area contributed by atoms with Crippen molar-refractivity contribution < 1.29 is 25.2 Å². The summed E-state index contributed by atoms with van der Waals surface area (Å²) < 4.78 is 6.35. The molecule has 116 valence electrons. The SMILES string of the molecule is CC1CC(O)C(O)C2(C)C(O)C(O)C3CC12OC3(C)C. The van der Waals surface area contributed by atoms with Crippen LogP contribution in [0.25, 0.3) is 0 Å². The Morgan fingerprint density at radius 3 is 2.20 bits per heavy atom. The standard InChI is InChI=1S/C15H26O5/c1-7-5-9(16)11(18)14(4)12(19)10(17)8-6-15(7,14)20-13(8,2)3/h7-12,16-19H,5-6H2,1-4H3. The molecule has 5 heteroatoms. The van der Waals surface area contributed by atoms with Gasteiger partial charge in [-0.25, -0.2) is 0 Å². The minimum absolute atomic E-state index is 0.0114. The summed E-state index contributed by atoms with van der Waals surface area (Å²) >= 11 is 0. The predicted molar refractivity (Wildman–Crippen MR) is 71.9 cm³/mol. The summed E-state index contributed by atoms with van der Waals surface area (Å²) in [6.07, 6.45) is -2.99. The fourth-order valence-corrected chi connectivity index (χ4v) is 5.19. The van der Waals surface area contributed by atoms with E-state index in [1.165, 1.54) is 0 Å². The van der Waals surface area contributed by atoms with E-state index in [4.69, 9.17) is 4.74 Å². The first-order valence-corrected chi connectivity index (χ1v) is 7.50. The molecule has 2 saturated carbocycles. The van der Waals surface area contributed by atoms with Gasteiger partial charge in [0.1, 0.15) is 0 Å². The zero-order chi connectivity index (χ0) is 15.1. The molecule has 1 spiro atoms. The van der Waals surface area contributed by atoms with Crippen LogP contribution in [0, 0.1) is 17.3 Å². The van der Waals surface area contributed by atoms with Crippen LogP contribution in [-0.4, -0.2) is 56.0 Å². The molecular formula is C15H26O5. The van der Waals surface area contributed by atoms with E-state index in [-0.39, 0.29) is 11.8 Å². The molecule has 2 bridgehead atoms. The highest BCUT2D eigenvalue weighted by Crippen LogP contribution is 2.65. The van der Waals surface area contributed by atoms with Gasteiger partial charge in [-0.1, -0.05) is 13.8 Å². The Bertz CT molecular complexity index is 424. The first-order chi connectivity index (χ1) is 9.08. The van der Waals surface area contributed by atoms with Crippen LogP contribution in [0.3, 0.4) is 0 Å². The third-order valence-corrected chi connectivity index (χ3v) is 6.49. The molecule has 2 aliphatic carbocycles. The van der Waals surface area contributed by atoms with Crippen LogP contribution >= 0.6 is 0 Å². The Morgan fingerprint density at radius 1 is 1.00 bits per heavy atom. The summed E-state index contributed by atoms with van der Waals surface area (Å²) in [4.78, 5) is 0. The molecule has 1 aliphatic heterocycles. The summed E-state index contributed by atoms with van der Waals surface area (Å²) in [5.41, 5.74) is -2.30. The number of hydrogen-bond acceptors (Lipinski definition) is 5. The van der Waals surface area contributed by atoms with Crippen LogP contribution in [0.5, 0.6) is 0 Å². The highest BCUT2D eigenvalue weighted by atomic mass is 16.5. The quantitative estimate of drug-likeness (QED) is 0.505. The average molecular weight is 286 g/mol. The molecule has 4 N–H and O–H groups in total. The lowest BCUT2D eigenvalue weighted by molar-refractivity contribution is -0.286. The molecule has 5 nitrogen and oxygen atoms in total. The first kappa shape index (κ1) is 14.7. The summed E-state index contributed by atoms with van der Waals surface area (Å²) in [6.45, 7) is 7.59. The first-order valence-electron chi connectivity index (χ1n) is 7.50. The summed E-state index contributed by atoms with van der Waals surface area (Å²) in [5, 5.41) is 41.7. The van der Waals surface area contributed by atoms with E-state index >= 15 is 0 Å². The van der Waals surface area contributed by atoms with E-state index in [1.54, 1.807) is 6.92 Å². The number of fused-ring (bicyclic) bond motifs is 1. The van der Waals surface area contributed by atoms with Gasteiger partial charge in [-0.05, 0) is 32.6 Å². The number of ether oxygens (including phenoxy) is 1. The lowest BCUT2D eigenvalue weighted by Gasteiger charge is -2.60. The number of rotatable bonds is 0. The molecule has 1 heterocycles. The number of aliphatic hydroxyl groups excluding tert-OH is 4. The maximum Gasteiger partial charge on any atom is 0.0909 e. The third kappa shape index (κ3) is 1.40. The summed E-state index contributed by atoms with van der Waals surface area (Å²) in [6, 6.07) is 0. The van der Waals surface area contributed by atoms with Crippen LogP contribution in [0.2, 0.25) is 0 Å². The van der Waals surface area contributed by atoms with Gasteiger partial charge in [0.25, 0.3) is 0 Å². The van der Waals surface area contributed by atoms with Gasteiger partial charge >= 0.3 is 0 Å². The molecular weight excluding hydrogens is 260 g/mol. The molecule has 1 saturated heterocycles. The van der Waals surface area contributed by atoms with Crippen molar-refractivity contribution in [2.75, 3.05) is 0 Å². The highest BCUT2D eigenvalue weighted by molar-refractivity contribution is 5.23. The van der Waals surface area contributed by atoms with E-state index in [2.05, 4.69) is 0 Å². The molecule has 0 amide bonds. The van der Waals surface area contributed by atoms with E-state index < -0.39 is 41.0 Å². The lowest BCUT2D eigenvalue weighted by Crippen LogP contribution is -2.72. The zero-order valence-corrected chi connectivity index (χ0v) is 12.6. The Morgan fingerprint density at radius 2 is 1.60 bits per heavy atom. The molecule has 3 aliphatic rings. The van der Waals surface area contributed by atoms with Gasteiger partial charge in [-0.3, -0.25) is 0 Å². The third-order valence-electron chi connectivity index (χ3n) is 6.49. The van der Waals surface area contributed by atoms with Crippen molar-refractivity contribution in [3.63, 3.8) is 0 Å². The minimum Gasteiger partial charge on any atom is -0.390 e. The smallest absolute Gasteiger partial charge is 0.0909 e. The fraction of sp³-hybridized carbons (Fsp3) is 1.00. The zero-order valence-electron chi connectivity index (χ0n) is 12.6. The van der Waals surface area contributed by atoms with Crippen LogP contribution in [-0.2, 0) is 4.74 Å². The van der Waals surface area contributed by atoms with E-state index in [1.807, 2.05) is 20.8 Å². The van der Waals surface area contributed by atoms with E-state index in [9.17, 15) is 20.4 Å². The summed E-state index contributed by atoms with van der Waals surface area (Å²) in [7, 11) is 0. The normalized spacial score (nSPS) is 61.2. The average Bonchev–Trinajstić information content (AvgIpc) is 2.63. The second-order valence-corrected chi connectivity index (χ2v) is 7.77. The molecule has 20 heavy (non-hydrogen) atoms. The van der Waals surface area contributed by atoms with Gasteiger partial charge < -0.3 is 25.2 Å². The lowest BCUT2D eigenvalue weighted by atomic mass is 9.49. The van der Waals surface area contributed by atoms with E-state index in [0.717, 1.165) is 0 Å². The molecule has 8 unspecified atom stereocenters. The van der Waals surface area contributed by atoms with Gasteiger partial charge in [-0.2, -0.15) is 0 Å². The molecule has 0 aromatic carbocycles. The molecule has 3 fully saturated rings. The predicted octanol–water partition coefficient (Wildman–Crippen LogP) is 0.0436. The molecule has 0 aromatic heterocycles. The van der Waals surface area contributed by atoms with Crippen LogP contribution in [0.4, 0.5) is 0 Å². The van der Waals surface area contributed by atoms with Gasteiger partial charge in [-0.15, -0.1) is 0 Å². The van der Waals surface area contributed by atoms with Crippen molar-refractivity contribution in [3.8, 4) is 0 Å². The Balaban J connectivity index is 2.17. The van der Waals surface area contributed by atoms with Crippen molar-refractivity contribution in [3.05, 3.63) is 0 Å². The highest BCUT2D eigenvalue weighted by Gasteiger charge is 2.75. The number of hydrogen-bond donors (Lipinski definition) is 4. The van der Waals surface area contributed by atoms with Gasteiger partial charge in [0, 0.05) is 5.92 Å². The molecule has 8 atom stereocenters. The Labute approximate surface area is 119 Å². The van der Waals surface area contributed by atoms with Crippen molar-refractivity contribution in [2.24, 2.45) is 17.3 Å².